The topological polar surface area (TPSA) is 26.0 Å². The monoisotopic (exact) mass is 347 g/mol. The van der Waals surface area contributed by atoms with Crippen molar-refractivity contribution in [2.24, 2.45) is 40.2 Å². The minimum absolute atomic E-state index is 0.485. The van der Waals surface area contributed by atoms with Crippen molar-refractivity contribution < 1.29 is 0 Å². The summed E-state index contributed by atoms with van der Waals surface area (Å²) < 4.78 is 0. The molecule has 1 heteroatoms. The zero-order chi connectivity index (χ0) is 18.1. The highest BCUT2D eigenvalue weighted by atomic mass is 14.6. The molecule has 3 aliphatic rings. The van der Waals surface area contributed by atoms with Crippen LogP contribution in [0.25, 0.3) is 0 Å². The summed E-state index contributed by atoms with van der Waals surface area (Å²) in [6, 6.07) is 0.485. The van der Waals surface area contributed by atoms with Crippen molar-refractivity contribution in [3.63, 3.8) is 0 Å². The fraction of sp³-hybridized carbons (Fsp3) is 1.00. The fourth-order valence-corrected chi connectivity index (χ4v) is 6.96. The molecular formula is C24H45N. The number of nitrogens with two attached hydrogens (primary N) is 1. The second-order valence-electron chi connectivity index (χ2n) is 11.1. The lowest BCUT2D eigenvalue weighted by atomic mass is 9.55. The SMILES string of the molecule is CC(C)(C1CCCCC1)C1CCC(C(C)(C)C2CCC(N)CC2)CC1. The second-order valence-corrected chi connectivity index (χ2v) is 11.1. The van der Waals surface area contributed by atoms with E-state index in [1.54, 1.807) is 0 Å². The van der Waals surface area contributed by atoms with Gasteiger partial charge in [0.1, 0.15) is 0 Å². The van der Waals surface area contributed by atoms with Crippen LogP contribution in [0.2, 0.25) is 0 Å². The van der Waals surface area contributed by atoms with Crippen LogP contribution in [0.5, 0.6) is 0 Å². The summed E-state index contributed by atoms with van der Waals surface area (Å²) in [7, 11) is 0. The average molecular weight is 348 g/mol. The summed E-state index contributed by atoms with van der Waals surface area (Å²) >= 11 is 0. The zero-order valence-electron chi connectivity index (χ0n) is 17.7. The molecule has 0 amide bonds. The van der Waals surface area contributed by atoms with Crippen molar-refractivity contribution in [3.8, 4) is 0 Å². The maximum Gasteiger partial charge on any atom is 0.00390 e. The Morgan fingerprint density at radius 1 is 0.480 bits per heavy atom. The molecule has 25 heavy (non-hydrogen) atoms. The lowest BCUT2D eigenvalue weighted by Gasteiger charge is -2.50. The van der Waals surface area contributed by atoms with E-state index in [0.29, 0.717) is 16.9 Å². The minimum atomic E-state index is 0.485. The van der Waals surface area contributed by atoms with Crippen LogP contribution >= 0.6 is 0 Å². The lowest BCUT2D eigenvalue weighted by molar-refractivity contribution is 0.00225. The van der Waals surface area contributed by atoms with Gasteiger partial charge in [-0.15, -0.1) is 0 Å². The molecule has 0 bridgehead atoms. The molecule has 0 spiro atoms. The molecule has 0 atom stereocenters. The summed E-state index contributed by atoms with van der Waals surface area (Å²) in [5.41, 5.74) is 7.26. The largest absolute Gasteiger partial charge is 0.328 e. The average Bonchev–Trinajstić information content (AvgIpc) is 2.63. The number of rotatable bonds is 4. The Morgan fingerprint density at radius 2 is 0.800 bits per heavy atom. The Hall–Kier alpha value is -0.0400. The first-order valence-corrected chi connectivity index (χ1v) is 11.6. The highest BCUT2D eigenvalue weighted by Gasteiger charge is 2.44. The maximum absolute atomic E-state index is 6.16. The van der Waals surface area contributed by atoms with Crippen LogP contribution in [0.3, 0.4) is 0 Å². The van der Waals surface area contributed by atoms with Gasteiger partial charge >= 0.3 is 0 Å². The molecule has 3 fully saturated rings. The van der Waals surface area contributed by atoms with Crippen molar-refractivity contribution in [1.82, 2.24) is 0 Å². The third-order valence-corrected chi connectivity index (χ3v) is 9.31. The fourth-order valence-electron chi connectivity index (χ4n) is 6.96. The minimum Gasteiger partial charge on any atom is -0.328 e. The first kappa shape index (κ1) is 19.7. The molecule has 1 nitrogen and oxygen atoms in total. The van der Waals surface area contributed by atoms with Gasteiger partial charge in [0.2, 0.25) is 0 Å². The van der Waals surface area contributed by atoms with Crippen LogP contribution in [-0.2, 0) is 0 Å². The quantitative estimate of drug-likeness (QED) is 0.585. The molecule has 0 heterocycles. The standard InChI is InChI=1S/C24H45N/c1-23(2,18-8-6-5-7-9-18)19-10-12-20(13-11-19)24(3,4)21-14-16-22(25)17-15-21/h18-22H,5-17,25H2,1-4H3. The van der Waals surface area contributed by atoms with E-state index in [0.717, 1.165) is 23.7 Å². The molecule has 2 N–H and O–H groups in total. The van der Waals surface area contributed by atoms with E-state index in [9.17, 15) is 0 Å². The summed E-state index contributed by atoms with van der Waals surface area (Å²) in [5.74, 6) is 3.84. The van der Waals surface area contributed by atoms with E-state index in [4.69, 9.17) is 5.73 Å². The molecule has 0 saturated heterocycles. The van der Waals surface area contributed by atoms with Gasteiger partial charge < -0.3 is 5.73 Å². The molecule has 0 radical (unpaired) electrons. The van der Waals surface area contributed by atoms with Crippen LogP contribution in [0.4, 0.5) is 0 Å². The van der Waals surface area contributed by atoms with Crippen LogP contribution in [0, 0.1) is 34.5 Å². The van der Waals surface area contributed by atoms with Crippen molar-refractivity contribution in [2.45, 2.75) is 117 Å². The van der Waals surface area contributed by atoms with Crippen molar-refractivity contribution in [1.29, 1.82) is 0 Å². The maximum atomic E-state index is 6.16. The second kappa shape index (κ2) is 7.91. The molecule has 3 saturated carbocycles. The predicted molar refractivity (Wildman–Crippen MR) is 110 cm³/mol. The molecule has 0 unspecified atom stereocenters. The molecule has 0 aromatic carbocycles. The highest BCUT2D eigenvalue weighted by Crippen LogP contribution is 2.54. The van der Waals surface area contributed by atoms with Gasteiger partial charge in [-0.1, -0.05) is 47.0 Å². The Balaban J connectivity index is 1.55. The third-order valence-electron chi connectivity index (χ3n) is 9.31. The molecule has 0 aliphatic heterocycles. The highest BCUT2D eigenvalue weighted by molar-refractivity contribution is 4.94. The van der Waals surface area contributed by atoms with Crippen LogP contribution in [-0.4, -0.2) is 6.04 Å². The molecular weight excluding hydrogens is 302 g/mol. The van der Waals surface area contributed by atoms with E-state index in [1.807, 2.05) is 0 Å². The van der Waals surface area contributed by atoms with Crippen molar-refractivity contribution in [2.75, 3.05) is 0 Å². The summed E-state index contributed by atoms with van der Waals surface area (Å²) in [6.45, 7) is 10.4. The van der Waals surface area contributed by atoms with E-state index < -0.39 is 0 Å². The number of hydrogen-bond acceptors (Lipinski definition) is 1. The van der Waals surface area contributed by atoms with Crippen LogP contribution in [0.1, 0.15) is 111 Å². The van der Waals surface area contributed by atoms with Gasteiger partial charge in [-0.2, -0.15) is 0 Å². The Morgan fingerprint density at radius 3 is 1.20 bits per heavy atom. The van der Waals surface area contributed by atoms with Gasteiger partial charge in [-0.25, -0.2) is 0 Å². The number of hydrogen-bond donors (Lipinski definition) is 1. The summed E-state index contributed by atoms with van der Waals surface area (Å²) in [5, 5.41) is 0. The van der Waals surface area contributed by atoms with E-state index in [-0.39, 0.29) is 0 Å². The van der Waals surface area contributed by atoms with Crippen LogP contribution < -0.4 is 5.73 Å². The summed E-state index contributed by atoms with van der Waals surface area (Å²) in [4.78, 5) is 0. The molecule has 3 aliphatic carbocycles. The Kier molecular flexibility index (Phi) is 6.24. The van der Waals surface area contributed by atoms with Crippen molar-refractivity contribution >= 4 is 0 Å². The van der Waals surface area contributed by atoms with Gasteiger partial charge in [0.05, 0.1) is 0 Å². The molecule has 0 aromatic heterocycles. The van der Waals surface area contributed by atoms with Gasteiger partial charge in [0, 0.05) is 6.04 Å². The van der Waals surface area contributed by atoms with E-state index >= 15 is 0 Å². The van der Waals surface area contributed by atoms with Crippen LogP contribution in [0.15, 0.2) is 0 Å². The Labute approximate surface area is 157 Å². The zero-order valence-corrected chi connectivity index (χ0v) is 17.7. The van der Waals surface area contributed by atoms with Gasteiger partial charge in [0.15, 0.2) is 0 Å². The van der Waals surface area contributed by atoms with Crippen molar-refractivity contribution in [3.05, 3.63) is 0 Å². The first-order chi connectivity index (χ1) is 11.8. The molecule has 146 valence electrons. The van der Waals surface area contributed by atoms with E-state index in [2.05, 4.69) is 27.7 Å². The summed E-state index contributed by atoms with van der Waals surface area (Å²) in [6.07, 6.45) is 18.7. The predicted octanol–water partition coefficient (Wildman–Crippen LogP) is 6.94. The molecule has 3 rings (SSSR count). The Bertz CT molecular complexity index is 402. The smallest absolute Gasteiger partial charge is 0.00390 e. The van der Waals surface area contributed by atoms with Gasteiger partial charge in [-0.3, -0.25) is 0 Å². The first-order valence-electron chi connectivity index (χ1n) is 11.6. The van der Waals surface area contributed by atoms with E-state index in [1.165, 1.54) is 83.5 Å². The van der Waals surface area contributed by atoms with Gasteiger partial charge in [0.25, 0.3) is 0 Å². The van der Waals surface area contributed by atoms with Gasteiger partial charge in [-0.05, 0) is 98.7 Å². The third kappa shape index (κ3) is 4.28. The normalized spacial score (nSPS) is 36.4. The molecule has 0 aromatic rings. The lowest BCUT2D eigenvalue weighted by Crippen LogP contribution is -2.41.